The maximum atomic E-state index is 14.3. The van der Waals surface area contributed by atoms with Gasteiger partial charge >= 0.3 is 0 Å². The molecule has 4 aliphatic heterocycles. The number of ether oxygens (including phenoxy) is 2. The van der Waals surface area contributed by atoms with Gasteiger partial charge in [-0.05, 0) is 59.9 Å². The van der Waals surface area contributed by atoms with Crippen LogP contribution in [0.25, 0.3) is 10.9 Å². The normalized spacial score (nSPS) is 22.5. The van der Waals surface area contributed by atoms with Gasteiger partial charge in [0, 0.05) is 48.7 Å². The minimum absolute atomic E-state index is 0.0102. The molecular weight excluding hydrogens is 535 g/mol. The highest BCUT2D eigenvalue weighted by atomic mass is 19.1. The van der Waals surface area contributed by atoms with Gasteiger partial charge in [-0.15, -0.1) is 0 Å². The molecule has 2 amide bonds. The number of hydrogen-bond donors (Lipinski definition) is 1. The van der Waals surface area contributed by atoms with Gasteiger partial charge in [-0.25, -0.2) is 4.39 Å². The van der Waals surface area contributed by atoms with Crippen molar-refractivity contribution in [3.63, 3.8) is 0 Å². The minimum Gasteiger partial charge on any atom is -0.454 e. The molecule has 0 aliphatic carbocycles. The standard InChI is InChI=1S/C33H31FN4O4/c34-22-7-8-24-25-16-27-33(40)37(23-10-12-36(13-11-23)17-20-4-2-1-3-5-20)18-30(39)38(27)32(31(25)35-26(24)15-22)21-6-9-28-29(14-21)42-19-41-28/h1-9,14-15,23,27,32,35H,10-13,16-19H2. The van der Waals surface area contributed by atoms with E-state index >= 15 is 0 Å². The van der Waals surface area contributed by atoms with E-state index in [0.717, 1.165) is 54.7 Å². The number of carbonyl (C=O) groups is 2. The van der Waals surface area contributed by atoms with E-state index in [1.54, 1.807) is 11.0 Å². The lowest BCUT2D eigenvalue weighted by Crippen LogP contribution is -2.65. The average molecular weight is 567 g/mol. The van der Waals surface area contributed by atoms with Crippen molar-refractivity contribution in [1.82, 2.24) is 19.7 Å². The molecule has 1 N–H and O–H groups in total. The maximum Gasteiger partial charge on any atom is 0.246 e. The molecule has 4 aromatic rings. The summed E-state index contributed by atoms with van der Waals surface area (Å²) in [6.45, 7) is 2.85. The summed E-state index contributed by atoms with van der Waals surface area (Å²) in [6.07, 6.45) is 2.06. The Bertz CT molecular complexity index is 1700. The first kappa shape index (κ1) is 25.3. The monoisotopic (exact) mass is 566 g/mol. The third kappa shape index (κ3) is 4.14. The number of carbonyl (C=O) groups excluding carboxylic acids is 2. The number of aromatic nitrogens is 1. The summed E-state index contributed by atoms with van der Waals surface area (Å²) in [4.78, 5) is 37.7. The Balaban J connectivity index is 1.11. The van der Waals surface area contributed by atoms with E-state index in [1.165, 1.54) is 17.7 Å². The predicted molar refractivity (Wildman–Crippen MR) is 153 cm³/mol. The number of amides is 2. The van der Waals surface area contributed by atoms with E-state index in [-0.39, 0.29) is 37.0 Å². The number of hydrogen-bond acceptors (Lipinski definition) is 5. The van der Waals surface area contributed by atoms with Gasteiger partial charge in [-0.3, -0.25) is 14.5 Å². The van der Waals surface area contributed by atoms with Crippen molar-refractivity contribution in [1.29, 1.82) is 0 Å². The van der Waals surface area contributed by atoms with Crippen LogP contribution in [0.3, 0.4) is 0 Å². The Morgan fingerprint density at radius 2 is 1.74 bits per heavy atom. The Labute approximate surface area is 242 Å². The summed E-state index contributed by atoms with van der Waals surface area (Å²) in [5, 5.41) is 0.878. The molecule has 0 bridgehead atoms. The number of H-pyrrole nitrogens is 1. The van der Waals surface area contributed by atoms with Crippen molar-refractivity contribution < 1.29 is 23.5 Å². The van der Waals surface area contributed by atoms with Crippen LogP contribution in [-0.4, -0.2) is 70.0 Å². The zero-order valence-electron chi connectivity index (χ0n) is 23.1. The van der Waals surface area contributed by atoms with E-state index < -0.39 is 12.1 Å². The smallest absolute Gasteiger partial charge is 0.246 e. The minimum atomic E-state index is -0.638. The number of rotatable bonds is 4. The van der Waals surface area contributed by atoms with Crippen molar-refractivity contribution in [3.8, 4) is 11.5 Å². The van der Waals surface area contributed by atoms with Crippen molar-refractivity contribution in [3.05, 3.63) is 94.9 Å². The predicted octanol–water partition coefficient (Wildman–Crippen LogP) is 4.39. The van der Waals surface area contributed by atoms with E-state index in [0.29, 0.717) is 23.4 Å². The topological polar surface area (TPSA) is 78.1 Å². The molecule has 8 rings (SSSR count). The van der Waals surface area contributed by atoms with Gasteiger partial charge in [0.1, 0.15) is 18.4 Å². The van der Waals surface area contributed by atoms with Crippen LogP contribution in [0.15, 0.2) is 66.7 Å². The Morgan fingerprint density at radius 3 is 2.57 bits per heavy atom. The summed E-state index contributed by atoms with van der Waals surface area (Å²) in [5.41, 5.74) is 4.53. The lowest BCUT2D eigenvalue weighted by molar-refractivity contribution is -0.161. The van der Waals surface area contributed by atoms with E-state index in [4.69, 9.17) is 9.47 Å². The summed E-state index contributed by atoms with van der Waals surface area (Å²) in [5.74, 6) is 0.831. The molecule has 2 saturated heterocycles. The molecule has 214 valence electrons. The van der Waals surface area contributed by atoms with Gasteiger partial charge in [-0.2, -0.15) is 0 Å². The second kappa shape index (κ2) is 9.87. The Morgan fingerprint density at radius 1 is 0.929 bits per heavy atom. The quantitative estimate of drug-likeness (QED) is 0.397. The SMILES string of the molecule is O=C1C2Cc3c([nH]c4cc(F)ccc34)C(c3ccc4c(c3)OCO4)N2C(=O)CN1C1CCN(Cc2ccccc2)CC1. The summed E-state index contributed by atoms with van der Waals surface area (Å²) in [7, 11) is 0. The van der Waals surface area contributed by atoms with Gasteiger partial charge < -0.3 is 24.3 Å². The molecule has 2 fully saturated rings. The molecule has 2 atom stereocenters. The third-order valence-electron chi connectivity index (χ3n) is 9.31. The highest BCUT2D eigenvalue weighted by Gasteiger charge is 2.50. The Hall–Kier alpha value is -4.37. The molecule has 0 saturated carbocycles. The van der Waals surface area contributed by atoms with Crippen molar-refractivity contribution >= 4 is 22.7 Å². The third-order valence-corrected chi connectivity index (χ3v) is 9.31. The zero-order chi connectivity index (χ0) is 28.4. The zero-order valence-corrected chi connectivity index (χ0v) is 23.1. The first-order valence-electron chi connectivity index (χ1n) is 14.6. The van der Waals surface area contributed by atoms with Crippen molar-refractivity contribution in [2.75, 3.05) is 26.4 Å². The summed E-state index contributed by atoms with van der Waals surface area (Å²) >= 11 is 0. The number of benzene rings is 3. The van der Waals surface area contributed by atoms with Crippen molar-refractivity contribution in [2.24, 2.45) is 0 Å². The van der Waals surface area contributed by atoms with E-state index in [1.807, 2.05) is 29.2 Å². The average Bonchev–Trinajstić information content (AvgIpc) is 3.62. The van der Waals surface area contributed by atoms with Crippen LogP contribution >= 0.6 is 0 Å². The number of halogens is 1. The number of likely N-dealkylation sites (tertiary alicyclic amines) is 1. The number of fused-ring (bicyclic) bond motifs is 5. The second-order valence-electron chi connectivity index (χ2n) is 11.7. The molecule has 0 spiro atoms. The van der Waals surface area contributed by atoms with E-state index in [2.05, 4.69) is 34.1 Å². The van der Waals surface area contributed by atoms with Crippen molar-refractivity contribution in [2.45, 2.75) is 43.9 Å². The summed E-state index contributed by atoms with van der Waals surface area (Å²) < 4.78 is 25.4. The largest absolute Gasteiger partial charge is 0.454 e. The fourth-order valence-corrected chi connectivity index (χ4v) is 7.28. The molecule has 3 aromatic carbocycles. The first-order chi connectivity index (χ1) is 20.5. The molecule has 1 aromatic heterocycles. The van der Waals surface area contributed by atoms with Crippen LogP contribution in [0.1, 0.15) is 41.3 Å². The van der Waals surface area contributed by atoms with E-state index in [9.17, 15) is 14.0 Å². The van der Waals surface area contributed by atoms with Crippen LogP contribution < -0.4 is 9.47 Å². The van der Waals surface area contributed by atoms with Crippen LogP contribution in [-0.2, 0) is 22.6 Å². The molecule has 5 heterocycles. The number of nitrogens with zero attached hydrogens (tertiary/aromatic N) is 3. The first-order valence-corrected chi connectivity index (χ1v) is 14.6. The fraction of sp³-hybridized carbons (Fsp3) is 0.333. The summed E-state index contributed by atoms with van der Waals surface area (Å²) in [6, 6.07) is 19.6. The number of piperidine rings is 1. The van der Waals surface area contributed by atoms with Crippen LogP contribution in [0.4, 0.5) is 4.39 Å². The lowest BCUT2D eigenvalue weighted by atomic mass is 9.85. The Kier molecular flexibility index (Phi) is 5.96. The van der Waals surface area contributed by atoms with Gasteiger partial charge in [0.15, 0.2) is 11.5 Å². The maximum absolute atomic E-state index is 14.3. The molecule has 8 nitrogen and oxygen atoms in total. The van der Waals surface area contributed by atoms with Crippen LogP contribution in [0.2, 0.25) is 0 Å². The molecular formula is C33H31FN4O4. The highest BCUT2D eigenvalue weighted by Crippen LogP contribution is 2.45. The molecule has 2 unspecified atom stereocenters. The van der Waals surface area contributed by atoms with Gasteiger partial charge in [0.05, 0.1) is 6.04 Å². The molecule has 9 heteroatoms. The number of aromatic amines is 1. The highest BCUT2D eigenvalue weighted by molar-refractivity contribution is 5.98. The molecule has 0 radical (unpaired) electrons. The molecule has 42 heavy (non-hydrogen) atoms. The number of nitrogens with one attached hydrogen (secondary N) is 1. The number of piperazine rings is 1. The van der Waals surface area contributed by atoms with Crippen LogP contribution in [0.5, 0.6) is 11.5 Å². The van der Waals surface area contributed by atoms with Gasteiger partial charge in [0.2, 0.25) is 18.6 Å². The lowest BCUT2D eigenvalue weighted by Gasteiger charge is -2.49. The van der Waals surface area contributed by atoms with Gasteiger partial charge in [0.25, 0.3) is 0 Å². The second-order valence-corrected chi connectivity index (χ2v) is 11.7. The molecule has 4 aliphatic rings. The van der Waals surface area contributed by atoms with Crippen LogP contribution in [0, 0.1) is 5.82 Å². The van der Waals surface area contributed by atoms with Gasteiger partial charge in [-0.1, -0.05) is 36.4 Å². The fourth-order valence-electron chi connectivity index (χ4n) is 7.28.